The minimum atomic E-state index is 0. The van der Waals surface area contributed by atoms with Crippen LogP contribution in [0.3, 0.4) is 0 Å². The van der Waals surface area contributed by atoms with Crippen molar-refractivity contribution >= 4 is 29.9 Å². The summed E-state index contributed by atoms with van der Waals surface area (Å²) in [6.07, 6.45) is 1.62. The molecule has 0 atom stereocenters. The fourth-order valence-electron chi connectivity index (χ4n) is 3.28. The van der Waals surface area contributed by atoms with Gasteiger partial charge in [0.1, 0.15) is 18.6 Å². The minimum absolute atomic E-state index is 0. The first kappa shape index (κ1) is 23.5. The second kappa shape index (κ2) is 12.0. The zero-order valence-electron chi connectivity index (χ0n) is 17.5. The number of ether oxygens (including phenoxy) is 1. The Bertz CT molecular complexity index is 726. The van der Waals surface area contributed by atoms with Crippen LogP contribution < -0.4 is 10.1 Å². The third kappa shape index (κ3) is 7.18. The molecule has 1 N–H and O–H groups in total. The zero-order valence-corrected chi connectivity index (χ0v) is 19.8. The van der Waals surface area contributed by atoms with Gasteiger partial charge in [-0.1, -0.05) is 31.1 Å². The molecule has 1 aliphatic heterocycles. The van der Waals surface area contributed by atoms with Gasteiger partial charge in [-0.25, -0.2) is 0 Å². The predicted octanol–water partition coefficient (Wildman–Crippen LogP) is 3.19. The number of guanidine groups is 1. The number of halogens is 1. The Labute approximate surface area is 190 Å². The van der Waals surface area contributed by atoms with E-state index in [2.05, 4.69) is 51.2 Å². The molecule has 160 valence electrons. The fraction of sp³-hybridized carbons (Fsp3) is 0.524. The summed E-state index contributed by atoms with van der Waals surface area (Å²) in [6.45, 7) is 10.4. The molecule has 0 aliphatic carbocycles. The van der Waals surface area contributed by atoms with Crippen molar-refractivity contribution in [3.8, 4) is 5.75 Å². The number of hydrogen-bond donors (Lipinski definition) is 1. The van der Waals surface area contributed by atoms with Crippen LogP contribution in [0, 0.1) is 0 Å². The molecular weight excluding hydrogens is 481 g/mol. The lowest BCUT2D eigenvalue weighted by Crippen LogP contribution is -2.52. The Morgan fingerprint density at radius 3 is 2.48 bits per heavy atom. The van der Waals surface area contributed by atoms with E-state index in [9.17, 15) is 0 Å². The summed E-state index contributed by atoms with van der Waals surface area (Å²) in [7, 11) is 1.83. The average Bonchev–Trinajstić information content (AvgIpc) is 3.22. The van der Waals surface area contributed by atoms with Gasteiger partial charge in [-0.2, -0.15) is 0 Å². The van der Waals surface area contributed by atoms with Crippen molar-refractivity contribution < 1.29 is 9.26 Å². The zero-order chi connectivity index (χ0) is 19.8. The molecule has 1 aromatic carbocycles. The average molecular weight is 513 g/mol. The van der Waals surface area contributed by atoms with Gasteiger partial charge >= 0.3 is 0 Å². The van der Waals surface area contributed by atoms with Gasteiger partial charge < -0.3 is 19.5 Å². The van der Waals surface area contributed by atoms with Gasteiger partial charge in [0.05, 0.1) is 12.2 Å². The molecule has 1 saturated heterocycles. The highest BCUT2D eigenvalue weighted by molar-refractivity contribution is 14.0. The Balaban J connectivity index is 0.00000300. The highest BCUT2D eigenvalue weighted by atomic mass is 127. The van der Waals surface area contributed by atoms with Crippen molar-refractivity contribution in [2.45, 2.75) is 26.3 Å². The lowest BCUT2D eigenvalue weighted by atomic mass is 10.0. The highest BCUT2D eigenvalue weighted by Gasteiger charge is 2.20. The maximum absolute atomic E-state index is 5.84. The largest absolute Gasteiger partial charge is 0.492 e. The fourth-order valence-corrected chi connectivity index (χ4v) is 3.28. The summed E-state index contributed by atoms with van der Waals surface area (Å²) < 4.78 is 10.7. The van der Waals surface area contributed by atoms with Crippen LogP contribution in [0.2, 0.25) is 0 Å². The van der Waals surface area contributed by atoms with Crippen LogP contribution in [0.5, 0.6) is 5.75 Å². The van der Waals surface area contributed by atoms with Gasteiger partial charge in [0, 0.05) is 45.8 Å². The van der Waals surface area contributed by atoms with Crippen LogP contribution >= 0.6 is 24.0 Å². The molecule has 1 fully saturated rings. The first-order valence-electron chi connectivity index (χ1n) is 9.95. The summed E-state index contributed by atoms with van der Waals surface area (Å²) >= 11 is 0. The molecule has 3 rings (SSSR count). The van der Waals surface area contributed by atoms with Crippen molar-refractivity contribution in [3.63, 3.8) is 0 Å². The summed E-state index contributed by atoms with van der Waals surface area (Å²) in [5.74, 6) is 2.37. The smallest absolute Gasteiger partial charge is 0.193 e. The van der Waals surface area contributed by atoms with Crippen LogP contribution in [0.1, 0.15) is 31.0 Å². The van der Waals surface area contributed by atoms with Crippen LogP contribution in [-0.2, 0) is 6.54 Å². The first-order valence-corrected chi connectivity index (χ1v) is 9.95. The lowest BCUT2D eigenvalue weighted by molar-refractivity contribution is 0.168. The van der Waals surface area contributed by atoms with Crippen LogP contribution in [-0.4, -0.2) is 67.3 Å². The number of aliphatic imine (C=N–C) groups is 1. The third-order valence-corrected chi connectivity index (χ3v) is 4.96. The monoisotopic (exact) mass is 513 g/mol. The quantitative estimate of drug-likeness (QED) is 0.266. The van der Waals surface area contributed by atoms with Crippen molar-refractivity contribution in [3.05, 3.63) is 47.9 Å². The molecular formula is C21H32IN5O2. The maximum atomic E-state index is 5.84. The number of nitrogens with one attached hydrogen (secondary N) is 1. The van der Waals surface area contributed by atoms with E-state index in [1.54, 1.807) is 6.26 Å². The van der Waals surface area contributed by atoms with Gasteiger partial charge in [-0.05, 0) is 23.6 Å². The summed E-state index contributed by atoms with van der Waals surface area (Å²) in [5, 5.41) is 7.39. The molecule has 0 saturated carbocycles. The Morgan fingerprint density at radius 2 is 1.90 bits per heavy atom. The van der Waals surface area contributed by atoms with Crippen molar-refractivity contribution in [1.29, 1.82) is 0 Å². The topological polar surface area (TPSA) is 66.1 Å². The highest BCUT2D eigenvalue weighted by Crippen LogP contribution is 2.18. The molecule has 2 heterocycles. The van der Waals surface area contributed by atoms with Crippen molar-refractivity contribution in [2.24, 2.45) is 4.99 Å². The first-order chi connectivity index (χ1) is 13.7. The number of nitrogens with zero attached hydrogens (tertiary/aromatic N) is 4. The summed E-state index contributed by atoms with van der Waals surface area (Å²) in [6, 6.07) is 10.3. The maximum Gasteiger partial charge on any atom is 0.193 e. The molecule has 0 radical (unpaired) electrons. The molecule has 1 aliphatic rings. The van der Waals surface area contributed by atoms with E-state index in [-0.39, 0.29) is 24.0 Å². The number of benzene rings is 1. The molecule has 0 bridgehead atoms. The van der Waals surface area contributed by atoms with E-state index in [1.807, 2.05) is 25.2 Å². The van der Waals surface area contributed by atoms with Gasteiger partial charge in [0.15, 0.2) is 5.96 Å². The summed E-state index contributed by atoms with van der Waals surface area (Å²) in [4.78, 5) is 9.09. The van der Waals surface area contributed by atoms with E-state index in [4.69, 9.17) is 9.26 Å². The SMILES string of the molecule is CN=C(NCCOc1ccc(C(C)C)cc1)N1CCN(Cc2ccon2)CC1.I. The number of aromatic nitrogens is 1. The van der Waals surface area contributed by atoms with E-state index in [0.717, 1.165) is 56.7 Å². The normalized spacial score (nSPS) is 15.3. The third-order valence-electron chi connectivity index (χ3n) is 4.96. The molecule has 0 spiro atoms. The van der Waals surface area contributed by atoms with Gasteiger partial charge in [0.25, 0.3) is 0 Å². The summed E-state index contributed by atoms with van der Waals surface area (Å²) in [5.41, 5.74) is 2.31. The number of piperazine rings is 1. The second-order valence-electron chi connectivity index (χ2n) is 7.30. The molecule has 1 aromatic heterocycles. The van der Waals surface area contributed by atoms with Gasteiger partial charge in [-0.3, -0.25) is 9.89 Å². The van der Waals surface area contributed by atoms with Crippen LogP contribution in [0.25, 0.3) is 0 Å². The van der Waals surface area contributed by atoms with E-state index in [1.165, 1.54) is 5.56 Å². The van der Waals surface area contributed by atoms with E-state index >= 15 is 0 Å². The molecule has 8 heteroatoms. The van der Waals surface area contributed by atoms with Crippen LogP contribution in [0.15, 0.2) is 46.1 Å². The Kier molecular flexibility index (Phi) is 9.72. The lowest BCUT2D eigenvalue weighted by Gasteiger charge is -2.36. The Hall–Kier alpha value is -1.81. The van der Waals surface area contributed by atoms with E-state index < -0.39 is 0 Å². The second-order valence-corrected chi connectivity index (χ2v) is 7.30. The Morgan fingerprint density at radius 1 is 1.17 bits per heavy atom. The molecule has 0 amide bonds. The van der Waals surface area contributed by atoms with Gasteiger partial charge in [-0.15, -0.1) is 24.0 Å². The molecule has 0 unspecified atom stereocenters. The molecule has 7 nitrogen and oxygen atoms in total. The van der Waals surface area contributed by atoms with Crippen molar-refractivity contribution in [2.75, 3.05) is 46.4 Å². The van der Waals surface area contributed by atoms with Gasteiger partial charge in [0.2, 0.25) is 0 Å². The standard InChI is InChI=1S/C21H31N5O2.HI/c1-17(2)18-4-6-20(7-5-18)27-15-9-23-21(22-3)26-12-10-25(11-13-26)16-19-8-14-28-24-19;/h4-8,14,17H,9-13,15-16H2,1-3H3,(H,22,23);1H. The number of hydrogen-bond acceptors (Lipinski definition) is 5. The van der Waals surface area contributed by atoms with Crippen LogP contribution in [0.4, 0.5) is 0 Å². The van der Waals surface area contributed by atoms with E-state index in [0.29, 0.717) is 12.5 Å². The number of rotatable bonds is 7. The molecule has 29 heavy (non-hydrogen) atoms. The predicted molar refractivity (Wildman–Crippen MR) is 126 cm³/mol. The van der Waals surface area contributed by atoms with Crippen molar-refractivity contribution in [1.82, 2.24) is 20.3 Å². The minimum Gasteiger partial charge on any atom is -0.492 e. The molecule has 2 aromatic rings.